The Bertz CT molecular complexity index is 954. The van der Waals surface area contributed by atoms with Gasteiger partial charge < -0.3 is 10.1 Å². The van der Waals surface area contributed by atoms with E-state index >= 15 is 0 Å². The Labute approximate surface area is 156 Å². The molecule has 1 atom stereocenters. The van der Waals surface area contributed by atoms with Crippen molar-refractivity contribution in [1.29, 1.82) is 0 Å². The first-order chi connectivity index (χ1) is 12.6. The first-order valence-corrected chi connectivity index (χ1v) is 9.45. The SMILES string of the molecule is Cc1cnc(C)c(-c2cccc3c2OC(CNC(=O)c2ccsc2)C3)n1. The van der Waals surface area contributed by atoms with Crippen LogP contribution in [0.4, 0.5) is 0 Å². The van der Waals surface area contributed by atoms with E-state index in [4.69, 9.17) is 4.74 Å². The molecule has 1 N–H and O–H groups in total. The van der Waals surface area contributed by atoms with Crippen molar-refractivity contribution in [2.75, 3.05) is 6.54 Å². The molecule has 0 saturated heterocycles. The number of ether oxygens (including phenoxy) is 1. The van der Waals surface area contributed by atoms with Crippen LogP contribution < -0.4 is 10.1 Å². The molecule has 1 aliphatic rings. The van der Waals surface area contributed by atoms with Gasteiger partial charge in [-0.1, -0.05) is 12.1 Å². The lowest BCUT2D eigenvalue weighted by atomic mass is 10.0. The van der Waals surface area contributed by atoms with Gasteiger partial charge in [-0.3, -0.25) is 9.78 Å². The van der Waals surface area contributed by atoms with E-state index in [1.54, 1.807) is 6.20 Å². The molecule has 0 spiro atoms. The Balaban J connectivity index is 1.52. The third kappa shape index (κ3) is 3.20. The van der Waals surface area contributed by atoms with E-state index < -0.39 is 0 Å². The van der Waals surface area contributed by atoms with Crippen molar-refractivity contribution in [2.24, 2.45) is 0 Å². The molecule has 2 aromatic heterocycles. The number of carbonyl (C=O) groups excluding carboxylic acids is 1. The number of hydrogen-bond acceptors (Lipinski definition) is 5. The third-order valence-corrected chi connectivity index (χ3v) is 5.12. The van der Waals surface area contributed by atoms with Crippen LogP contribution in [0.25, 0.3) is 11.3 Å². The second-order valence-corrected chi connectivity index (χ2v) is 7.19. The maximum Gasteiger partial charge on any atom is 0.252 e. The Morgan fingerprint density at radius 3 is 3.04 bits per heavy atom. The summed E-state index contributed by atoms with van der Waals surface area (Å²) in [5, 5.41) is 6.70. The molecule has 1 amide bonds. The van der Waals surface area contributed by atoms with Crippen molar-refractivity contribution < 1.29 is 9.53 Å². The molecule has 0 fully saturated rings. The molecule has 1 unspecified atom stereocenters. The molecule has 1 aliphatic heterocycles. The Hall–Kier alpha value is -2.73. The highest BCUT2D eigenvalue weighted by Gasteiger charge is 2.27. The van der Waals surface area contributed by atoms with Crippen molar-refractivity contribution in [3.63, 3.8) is 0 Å². The van der Waals surface area contributed by atoms with E-state index in [-0.39, 0.29) is 12.0 Å². The van der Waals surface area contributed by atoms with E-state index in [2.05, 4.69) is 21.4 Å². The van der Waals surface area contributed by atoms with Gasteiger partial charge in [-0.15, -0.1) is 0 Å². The number of amides is 1. The first-order valence-electron chi connectivity index (χ1n) is 8.51. The highest BCUT2D eigenvalue weighted by Crippen LogP contribution is 2.38. The van der Waals surface area contributed by atoms with Crippen LogP contribution in [0.15, 0.2) is 41.2 Å². The van der Waals surface area contributed by atoms with Gasteiger partial charge in [-0.05, 0) is 36.9 Å². The van der Waals surface area contributed by atoms with Gasteiger partial charge in [0.2, 0.25) is 0 Å². The van der Waals surface area contributed by atoms with Crippen molar-refractivity contribution in [3.05, 3.63) is 63.7 Å². The van der Waals surface area contributed by atoms with Gasteiger partial charge in [0.1, 0.15) is 11.9 Å². The van der Waals surface area contributed by atoms with E-state index in [1.165, 1.54) is 11.3 Å². The molecule has 3 heterocycles. The maximum absolute atomic E-state index is 12.1. The summed E-state index contributed by atoms with van der Waals surface area (Å²) in [6.45, 7) is 4.36. The van der Waals surface area contributed by atoms with Crippen LogP contribution in [0.3, 0.4) is 0 Å². The minimum atomic E-state index is -0.0770. The van der Waals surface area contributed by atoms with Gasteiger partial charge in [0, 0.05) is 29.1 Å². The molecule has 6 heteroatoms. The van der Waals surface area contributed by atoms with Crippen molar-refractivity contribution in [3.8, 4) is 17.0 Å². The summed E-state index contributed by atoms with van der Waals surface area (Å²) >= 11 is 1.51. The molecule has 0 saturated carbocycles. The zero-order valence-electron chi connectivity index (χ0n) is 14.7. The van der Waals surface area contributed by atoms with Crippen LogP contribution >= 0.6 is 11.3 Å². The number of thiophene rings is 1. The smallest absolute Gasteiger partial charge is 0.252 e. The molecule has 0 radical (unpaired) electrons. The highest BCUT2D eigenvalue weighted by atomic mass is 32.1. The molecule has 5 nitrogen and oxygen atoms in total. The normalized spacial score (nSPS) is 15.4. The maximum atomic E-state index is 12.1. The van der Waals surface area contributed by atoms with Crippen LogP contribution in [0, 0.1) is 13.8 Å². The summed E-state index contributed by atoms with van der Waals surface area (Å²) in [7, 11) is 0. The second-order valence-electron chi connectivity index (χ2n) is 6.41. The first kappa shape index (κ1) is 16.7. The molecule has 0 bridgehead atoms. The van der Waals surface area contributed by atoms with Crippen LogP contribution in [-0.4, -0.2) is 28.5 Å². The monoisotopic (exact) mass is 365 g/mol. The van der Waals surface area contributed by atoms with Crippen LogP contribution in [0.1, 0.15) is 27.3 Å². The van der Waals surface area contributed by atoms with E-state index in [1.807, 2.05) is 42.8 Å². The summed E-state index contributed by atoms with van der Waals surface area (Å²) in [4.78, 5) is 21.2. The van der Waals surface area contributed by atoms with Gasteiger partial charge in [0.05, 0.1) is 23.6 Å². The zero-order chi connectivity index (χ0) is 18.1. The van der Waals surface area contributed by atoms with Crippen LogP contribution in [-0.2, 0) is 6.42 Å². The number of para-hydroxylation sites is 1. The number of aromatic nitrogens is 2. The molecular formula is C20H19N3O2S. The van der Waals surface area contributed by atoms with E-state index in [9.17, 15) is 4.79 Å². The molecule has 4 rings (SSSR count). The van der Waals surface area contributed by atoms with Crippen molar-refractivity contribution in [1.82, 2.24) is 15.3 Å². The number of aryl methyl sites for hydroxylation is 2. The van der Waals surface area contributed by atoms with E-state index in [0.29, 0.717) is 12.1 Å². The number of nitrogens with one attached hydrogen (secondary N) is 1. The van der Waals surface area contributed by atoms with Crippen molar-refractivity contribution >= 4 is 17.2 Å². The number of nitrogens with zero attached hydrogens (tertiary/aromatic N) is 2. The summed E-state index contributed by atoms with van der Waals surface area (Å²) in [5.41, 5.74) is 5.40. The summed E-state index contributed by atoms with van der Waals surface area (Å²) in [6, 6.07) is 7.93. The van der Waals surface area contributed by atoms with Gasteiger partial charge in [0.25, 0.3) is 5.91 Å². The number of carbonyl (C=O) groups is 1. The average Bonchev–Trinajstić information content (AvgIpc) is 3.30. The summed E-state index contributed by atoms with van der Waals surface area (Å²) in [6.07, 6.45) is 2.46. The minimum absolute atomic E-state index is 0.0635. The largest absolute Gasteiger partial charge is 0.487 e. The van der Waals surface area contributed by atoms with Crippen LogP contribution in [0.5, 0.6) is 5.75 Å². The zero-order valence-corrected chi connectivity index (χ0v) is 15.5. The summed E-state index contributed by atoms with van der Waals surface area (Å²) in [5.74, 6) is 0.789. The molecule has 1 aromatic carbocycles. The quantitative estimate of drug-likeness (QED) is 0.768. The second kappa shape index (κ2) is 6.88. The van der Waals surface area contributed by atoms with Gasteiger partial charge in [-0.2, -0.15) is 11.3 Å². The molecular weight excluding hydrogens is 346 g/mol. The molecule has 3 aromatic rings. The topological polar surface area (TPSA) is 64.1 Å². The fourth-order valence-corrected chi connectivity index (χ4v) is 3.77. The lowest BCUT2D eigenvalue weighted by molar-refractivity contribution is 0.0934. The fraction of sp³-hybridized carbons (Fsp3) is 0.250. The number of rotatable bonds is 4. The minimum Gasteiger partial charge on any atom is -0.487 e. The lowest BCUT2D eigenvalue weighted by Crippen LogP contribution is -2.34. The fourth-order valence-electron chi connectivity index (χ4n) is 3.13. The van der Waals surface area contributed by atoms with Crippen LogP contribution in [0.2, 0.25) is 0 Å². The van der Waals surface area contributed by atoms with Gasteiger partial charge in [-0.25, -0.2) is 4.98 Å². The van der Waals surface area contributed by atoms with Crippen molar-refractivity contribution in [2.45, 2.75) is 26.4 Å². The summed E-state index contributed by atoms with van der Waals surface area (Å²) < 4.78 is 6.18. The number of hydrogen-bond donors (Lipinski definition) is 1. The Morgan fingerprint density at radius 2 is 2.23 bits per heavy atom. The standard InChI is InChI=1S/C20H19N3O2S/c1-12-9-21-13(2)18(23-12)17-5-3-4-14-8-16(25-19(14)17)10-22-20(24)15-6-7-26-11-15/h3-7,9,11,16H,8,10H2,1-2H3,(H,22,24). The number of benzene rings is 1. The molecule has 132 valence electrons. The predicted molar refractivity (Wildman–Crippen MR) is 102 cm³/mol. The molecule has 0 aliphatic carbocycles. The average molecular weight is 365 g/mol. The number of fused-ring (bicyclic) bond motifs is 1. The van der Waals surface area contributed by atoms with Gasteiger partial charge >= 0.3 is 0 Å². The Morgan fingerprint density at radius 1 is 1.35 bits per heavy atom. The van der Waals surface area contributed by atoms with Gasteiger partial charge in [0.15, 0.2) is 0 Å². The lowest BCUT2D eigenvalue weighted by Gasteiger charge is -2.14. The predicted octanol–water partition coefficient (Wildman–Crippen LogP) is 3.56. The molecule has 26 heavy (non-hydrogen) atoms. The Kier molecular flexibility index (Phi) is 4.42. The third-order valence-electron chi connectivity index (χ3n) is 4.43. The van der Waals surface area contributed by atoms with E-state index in [0.717, 1.165) is 40.4 Å². The highest BCUT2D eigenvalue weighted by molar-refractivity contribution is 7.08.